The van der Waals surface area contributed by atoms with E-state index in [9.17, 15) is 0 Å². The van der Waals surface area contributed by atoms with Gasteiger partial charge in [-0.15, -0.1) is 0 Å². The number of aromatic amines is 1. The van der Waals surface area contributed by atoms with Gasteiger partial charge in [-0.05, 0) is 31.2 Å². The van der Waals surface area contributed by atoms with E-state index in [0.29, 0.717) is 5.82 Å². The normalized spacial score (nSPS) is 11.3. The summed E-state index contributed by atoms with van der Waals surface area (Å²) in [5, 5.41) is 4.13. The molecule has 2 N–H and O–H groups in total. The summed E-state index contributed by atoms with van der Waals surface area (Å²) >= 11 is 1.55. The molecule has 0 aliphatic heterocycles. The van der Waals surface area contributed by atoms with Gasteiger partial charge in [0.1, 0.15) is 6.54 Å². The van der Waals surface area contributed by atoms with Crippen molar-refractivity contribution in [3.8, 4) is 0 Å². The number of thioether (sulfide) groups is 1. The molecule has 2 heterocycles. The lowest BCUT2D eigenvalue weighted by atomic mass is 10.1. The molecule has 2 aromatic carbocycles. The summed E-state index contributed by atoms with van der Waals surface area (Å²) in [7, 11) is 0. The predicted octanol–water partition coefficient (Wildman–Crippen LogP) is 1.68. The molecule has 0 bridgehead atoms. The molecule has 0 atom stereocenters. The standard InChI is InChI=1S/C24H26N6S.HI/c1-18-4-8-20(9-5-18)12-29-14-22(25-16-29)27-24(31-3)28-23-15-30(17-26-23)13-21-10-6-19(2)7-11-21;/h4-11,14-17H,12-13H2,1-3H3,(H,27,28);1H. The lowest BCUT2D eigenvalue weighted by molar-refractivity contribution is -0.686. The molecule has 0 saturated heterocycles. The fourth-order valence-corrected chi connectivity index (χ4v) is 3.59. The summed E-state index contributed by atoms with van der Waals surface area (Å²) in [4.78, 5) is 12.4. The number of benzene rings is 2. The van der Waals surface area contributed by atoms with Gasteiger partial charge in [0.25, 0.3) is 0 Å². The van der Waals surface area contributed by atoms with Gasteiger partial charge in [0.2, 0.25) is 12.1 Å². The molecule has 0 unspecified atom stereocenters. The van der Waals surface area contributed by atoms with E-state index in [1.54, 1.807) is 11.8 Å². The van der Waals surface area contributed by atoms with Crippen molar-refractivity contribution in [3.05, 3.63) is 95.8 Å². The second kappa shape index (κ2) is 11.3. The Hall–Kier alpha value is -2.59. The summed E-state index contributed by atoms with van der Waals surface area (Å²) in [6, 6.07) is 17.1. The maximum atomic E-state index is 4.66. The van der Waals surface area contributed by atoms with Crippen molar-refractivity contribution in [2.75, 3.05) is 11.6 Å². The SMILES string of the molecule is CS/C(=N\c1cn(Cc2ccc(C)cc2)cn1)Nc1c[n+](Cc2ccc(C)cc2)c[nH]1.[I-]. The van der Waals surface area contributed by atoms with Crippen LogP contribution in [0.25, 0.3) is 0 Å². The molecule has 4 rings (SSSR count). The van der Waals surface area contributed by atoms with Crippen LogP contribution < -0.4 is 33.9 Å². The number of nitrogens with zero attached hydrogens (tertiary/aromatic N) is 4. The Labute approximate surface area is 210 Å². The number of aryl methyl sites for hydroxylation is 2. The minimum atomic E-state index is 0. The molecule has 0 spiro atoms. The van der Waals surface area contributed by atoms with Gasteiger partial charge in [-0.25, -0.2) is 19.5 Å². The zero-order valence-corrected chi connectivity index (χ0v) is 21.4. The smallest absolute Gasteiger partial charge is 0.243 e. The van der Waals surface area contributed by atoms with E-state index in [1.807, 2.05) is 35.9 Å². The van der Waals surface area contributed by atoms with Crippen LogP contribution in [-0.2, 0) is 13.1 Å². The number of anilines is 1. The van der Waals surface area contributed by atoms with Crippen LogP contribution in [0.15, 0.2) is 78.6 Å². The maximum absolute atomic E-state index is 4.66. The van der Waals surface area contributed by atoms with Crippen LogP contribution in [0.4, 0.5) is 11.6 Å². The first-order chi connectivity index (χ1) is 15.1. The van der Waals surface area contributed by atoms with Crippen molar-refractivity contribution in [2.24, 2.45) is 4.99 Å². The van der Waals surface area contributed by atoms with Crippen molar-refractivity contribution in [1.82, 2.24) is 14.5 Å². The molecule has 32 heavy (non-hydrogen) atoms. The molecular formula is C24H27IN6S. The Bertz CT molecular complexity index is 1160. The fraction of sp³-hybridized carbons (Fsp3) is 0.208. The molecule has 8 heteroatoms. The van der Waals surface area contributed by atoms with Gasteiger partial charge in [-0.2, -0.15) is 0 Å². The van der Waals surface area contributed by atoms with Crippen LogP contribution in [0, 0.1) is 13.8 Å². The van der Waals surface area contributed by atoms with E-state index in [-0.39, 0.29) is 24.0 Å². The average Bonchev–Trinajstić information content (AvgIpc) is 3.40. The van der Waals surface area contributed by atoms with E-state index in [2.05, 4.69) is 87.2 Å². The number of aromatic nitrogens is 4. The number of H-pyrrole nitrogens is 1. The number of imidazole rings is 2. The van der Waals surface area contributed by atoms with Crippen LogP contribution in [0.2, 0.25) is 0 Å². The minimum Gasteiger partial charge on any atom is -1.00 e. The van der Waals surface area contributed by atoms with E-state index < -0.39 is 0 Å². The van der Waals surface area contributed by atoms with Crippen molar-refractivity contribution >= 4 is 28.6 Å². The van der Waals surface area contributed by atoms with Gasteiger partial charge in [0.05, 0.1) is 12.5 Å². The molecule has 4 aromatic rings. The van der Waals surface area contributed by atoms with E-state index in [4.69, 9.17) is 0 Å². The highest BCUT2D eigenvalue weighted by atomic mass is 127. The largest absolute Gasteiger partial charge is 1.00 e. The number of hydrogen-bond acceptors (Lipinski definition) is 3. The second-order valence-electron chi connectivity index (χ2n) is 7.61. The summed E-state index contributed by atoms with van der Waals surface area (Å²) < 4.78 is 4.16. The zero-order valence-electron chi connectivity index (χ0n) is 18.4. The van der Waals surface area contributed by atoms with Gasteiger partial charge < -0.3 is 28.5 Å². The zero-order chi connectivity index (χ0) is 21.6. The van der Waals surface area contributed by atoms with E-state index >= 15 is 0 Å². The quantitative estimate of drug-likeness (QED) is 0.164. The first-order valence-electron chi connectivity index (χ1n) is 10.2. The third-order valence-corrected chi connectivity index (χ3v) is 5.50. The molecule has 0 amide bonds. The molecule has 0 aliphatic rings. The maximum Gasteiger partial charge on any atom is 0.243 e. The number of rotatable bonds is 6. The molecule has 2 aromatic heterocycles. The van der Waals surface area contributed by atoms with E-state index in [0.717, 1.165) is 24.1 Å². The topological polar surface area (TPSA) is 61.9 Å². The van der Waals surface area contributed by atoms with Gasteiger partial charge in [-0.1, -0.05) is 71.4 Å². The highest BCUT2D eigenvalue weighted by Gasteiger charge is 2.09. The fourth-order valence-electron chi connectivity index (χ4n) is 3.20. The molecule has 0 radical (unpaired) electrons. The summed E-state index contributed by atoms with van der Waals surface area (Å²) in [6.07, 6.45) is 9.78. The predicted molar refractivity (Wildman–Crippen MR) is 128 cm³/mol. The summed E-state index contributed by atoms with van der Waals surface area (Å²) in [5.74, 6) is 1.57. The number of halogens is 1. The highest BCUT2D eigenvalue weighted by Crippen LogP contribution is 2.15. The Morgan fingerprint density at radius 2 is 1.72 bits per heavy atom. The van der Waals surface area contributed by atoms with Gasteiger partial charge in [0, 0.05) is 6.54 Å². The number of aliphatic imine (C=N–C) groups is 1. The molecule has 166 valence electrons. The molecule has 0 saturated carbocycles. The summed E-state index contributed by atoms with van der Waals surface area (Å²) in [6.45, 7) is 5.79. The Morgan fingerprint density at radius 1 is 1.06 bits per heavy atom. The number of nitrogens with one attached hydrogen (secondary N) is 2. The third kappa shape index (κ3) is 6.70. The Morgan fingerprint density at radius 3 is 2.38 bits per heavy atom. The average molecular weight is 558 g/mol. The lowest BCUT2D eigenvalue weighted by Gasteiger charge is -2.03. The van der Waals surface area contributed by atoms with Crippen LogP contribution >= 0.6 is 11.8 Å². The van der Waals surface area contributed by atoms with Crippen LogP contribution in [0.1, 0.15) is 22.3 Å². The van der Waals surface area contributed by atoms with Crippen molar-refractivity contribution in [3.63, 3.8) is 0 Å². The van der Waals surface area contributed by atoms with Gasteiger partial charge >= 0.3 is 0 Å². The van der Waals surface area contributed by atoms with Gasteiger partial charge in [-0.3, -0.25) is 5.32 Å². The van der Waals surface area contributed by atoms with Crippen molar-refractivity contribution in [1.29, 1.82) is 0 Å². The van der Waals surface area contributed by atoms with Crippen LogP contribution in [0.3, 0.4) is 0 Å². The molecule has 0 fully saturated rings. The van der Waals surface area contributed by atoms with Crippen LogP contribution in [-0.4, -0.2) is 26.0 Å². The van der Waals surface area contributed by atoms with Crippen molar-refractivity contribution in [2.45, 2.75) is 26.9 Å². The molecule has 0 aliphatic carbocycles. The van der Waals surface area contributed by atoms with Gasteiger partial charge in [0.15, 0.2) is 17.2 Å². The van der Waals surface area contributed by atoms with Crippen molar-refractivity contribution < 1.29 is 28.5 Å². The molecular weight excluding hydrogens is 531 g/mol. The number of hydrogen-bond donors (Lipinski definition) is 2. The first-order valence-corrected chi connectivity index (χ1v) is 11.4. The Balaban J connectivity index is 0.00000289. The van der Waals surface area contributed by atoms with Crippen LogP contribution in [0.5, 0.6) is 0 Å². The minimum absolute atomic E-state index is 0. The first kappa shape index (κ1) is 24.1. The third-order valence-electron chi connectivity index (χ3n) is 4.92. The van der Waals surface area contributed by atoms with E-state index in [1.165, 1.54) is 22.3 Å². The molecule has 6 nitrogen and oxygen atoms in total. The Kier molecular flexibility index (Phi) is 8.52. The highest BCUT2D eigenvalue weighted by molar-refractivity contribution is 8.13. The number of amidine groups is 1. The summed E-state index contributed by atoms with van der Waals surface area (Å²) in [5.41, 5.74) is 5.04. The monoisotopic (exact) mass is 558 g/mol. The second-order valence-corrected chi connectivity index (χ2v) is 8.40. The lowest BCUT2D eigenvalue weighted by Crippen LogP contribution is -3.00.